The predicted octanol–water partition coefficient (Wildman–Crippen LogP) is 0.681. The molecule has 1 aromatic heterocycles. The van der Waals surface area contributed by atoms with Gasteiger partial charge in [0.1, 0.15) is 11.5 Å². The van der Waals surface area contributed by atoms with Gasteiger partial charge >= 0.3 is 0 Å². The van der Waals surface area contributed by atoms with Crippen LogP contribution in [0.3, 0.4) is 0 Å². The van der Waals surface area contributed by atoms with Crippen molar-refractivity contribution in [2.75, 3.05) is 11.4 Å². The fourth-order valence-electron chi connectivity index (χ4n) is 2.98. The van der Waals surface area contributed by atoms with Gasteiger partial charge in [-0.3, -0.25) is 9.59 Å². The standard InChI is InChI=1S/C15H15N3O2/c16-9-3-5-10-4-1-8-13(17-10)18-14(19)11-6-2-7-12(11)15(18)20/h1,4,8,11-12H,2,6-7,9,16H2. The Morgan fingerprint density at radius 2 is 1.95 bits per heavy atom. The monoisotopic (exact) mass is 269 g/mol. The summed E-state index contributed by atoms with van der Waals surface area (Å²) < 4.78 is 0. The summed E-state index contributed by atoms with van der Waals surface area (Å²) in [5.41, 5.74) is 5.84. The van der Waals surface area contributed by atoms with Gasteiger partial charge in [0.15, 0.2) is 0 Å². The van der Waals surface area contributed by atoms with Gasteiger partial charge < -0.3 is 5.73 Å². The molecule has 2 fully saturated rings. The maximum absolute atomic E-state index is 12.3. The minimum absolute atomic E-state index is 0.117. The molecule has 1 saturated carbocycles. The first kappa shape index (κ1) is 12.8. The number of amides is 2. The number of hydrogen-bond acceptors (Lipinski definition) is 4. The lowest BCUT2D eigenvalue weighted by molar-refractivity contribution is -0.122. The molecule has 20 heavy (non-hydrogen) atoms. The number of carbonyl (C=O) groups excluding carboxylic acids is 2. The second kappa shape index (κ2) is 5.06. The Morgan fingerprint density at radius 1 is 1.25 bits per heavy atom. The molecule has 1 aromatic rings. The van der Waals surface area contributed by atoms with Gasteiger partial charge in [0, 0.05) is 0 Å². The number of rotatable bonds is 1. The Bertz CT molecular complexity index is 607. The first-order valence-electron chi connectivity index (χ1n) is 6.76. The van der Waals surface area contributed by atoms with E-state index in [9.17, 15) is 9.59 Å². The summed E-state index contributed by atoms with van der Waals surface area (Å²) in [4.78, 5) is 30.2. The highest BCUT2D eigenvalue weighted by Gasteiger charge is 2.50. The fourth-order valence-corrected chi connectivity index (χ4v) is 2.98. The van der Waals surface area contributed by atoms with E-state index in [-0.39, 0.29) is 30.2 Å². The second-order valence-electron chi connectivity index (χ2n) is 5.04. The van der Waals surface area contributed by atoms with E-state index in [1.807, 2.05) is 0 Å². The zero-order valence-electron chi connectivity index (χ0n) is 11.0. The third-order valence-corrected chi connectivity index (χ3v) is 3.87. The van der Waals surface area contributed by atoms with Crippen LogP contribution in [0, 0.1) is 23.7 Å². The molecular formula is C15H15N3O2. The summed E-state index contributed by atoms with van der Waals surface area (Å²) in [5, 5.41) is 0. The number of carbonyl (C=O) groups is 2. The van der Waals surface area contributed by atoms with Crippen molar-refractivity contribution in [3.63, 3.8) is 0 Å². The largest absolute Gasteiger partial charge is 0.320 e. The van der Waals surface area contributed by atoms with E-state index >= 15 is 0 Å². The highest BCUT2D eigenvalue weighted by Crippen LogP contribution is 2.41. The molecule has 0 aromatic carbocycles. The van der Waals surface area contributed by atoms with E-state index in [4.69, 9.17) is 5.73 Å². The summed E-state index contributed by atoms with van der Waals surface area (Å²) in [6.07, 6.45) is 2.56. The van der Waals surface area contributed by atoms with Crippen molar-refractivity contribution in [3.8, 4) is 11.8 Å². The van der Waals surface area contributed by atoms with Crippen LogP contribution in [0.1, 0.15) is 25.0 Å². The number of aromatic nitrogens is 1. The number of nitrogens with two attached hydrogens (primary N) is 1. The predicted molar refractivity (Wildman–Crippen MR) is 73.5 cm³/mol. The molecule has 5 heteroatoms. The van der Waals surface area contributed by atoms with Crippen molar-refractivity contribution in [2.45, 2.75) is 19.3 Å². The molecule has 0 bridgehead atoms. The van der Waals surface area contributed by atoms with E-state index in [2.05, 4.69) is 16.8 Å². The summed E-state index contributed by atoms with van der Waals surface area (Å²) in [6.45, 7) is 0.248. The van der Waals surface area contributed by atoms with Crippen LogP contribution >= 0.6 is 0 Å². The van der Waals surface area contributed by atoms with Crippen molar-refractivity contribution in [1.29, 1.82) is 0 Å². The van der Waals surface area contributed by atoms with Crippen LogP contribution in [-0.2, 0) is 9.59 Å². The summed E-state index contributed by atoms with van der Waals surface area (Å²) in [7, 11) is 0. The van der Waals surface area contributed by atoms with E-state index < -0.39 is 0 Å². The number of nitrogens with zero attached hydrogens (tertiary/aromatic N) is 2. The van der Waals surface area contributed by atoms with Crippen LogP contribution in [0.15, 0.2) is 18.2 Å². The maximum Gasteiger partial charge on any atom is 0.238 e. The molecule has 1 aliphatic heterocycles. The van der Waals surface area contributed by atoms with Crippen molar-refractivity contribution in [1.82, 2.24) is 4.98 Å². The number of fused-ring (bicyclic) bond motifs is 1. The van der Waals surface area contributed by atoms with Gasteiger partial charge in [-0.1, -0.05) is 18.4 Å². The zero-order chi connectivity index (χ0) is 14.1. The molecular weight excluding hydrogens is 254 g/mol. The Hall–Kier alpha value is -2.19. The maximum atomic E-state index is 12.3. The minimum atomic E-state index is -0.150. The van der Waals surface area contributed by atoms with E-state index in [1.165, 1.54) is 4.90 Å². The molecule has 3 rings (SSSR count). The zero-order valence-corrected chi connectivity index (χ0v) is 11.0. The molecule has 2 amide bonds. The SMILES string of the molecule is NCC#Cc1cccc(N2C(=O)C3CCCC3C2=O)n1. The number of anilines is 1. The third kappa shape index (κ3) is 1.98. The van der Waals surface area contributed by atoms with Gasteiger partial charge in [-0.15, -0.1) is 0 Å². The molecule has 2 unspecified atom stereocenters. The van der Waals surface area contributed by atoms with Crippen LogP contribution in [0.4, 0.5) is 5.82 Å². The molecule has 2 heterocycles. The Morgan fingerprint density at radius 3 is 2.60 bits per heavy atom. The average molecular weight is 269 g/mol. The summed E-state index contributed by atoms with van der Waals surface area (Å²) in [5.74, 6) is 5.36. The molecule has 1 saturated heterocycles. The molecule has 2 atom stereocenters. The Kier molecular flexibility index (Phi) is 3.25. The lowest BCUT2D eigenvalue weighted by Crippen LogP contribution is -2.32. The quantitative estimate of drug-likeness (QED) is 0.601. The van der Waals surface area contributed by atoms with Crippen molar-refractivity contribution < 1.29 is 9.59 Å². The van der Waals surface area contributed by atoms with Crippen LogP contribution in [0.2, 0.25) is 0 Å². The molecule has 2 aliphatic rings. The molecule has 1 aliphatic carbocycles. The first-order chi connectivity index (χ1) is 9.72. The van der Waals surface area contributed by atoms with E-state index in [0.717, 1.165) is 19.3 Å². The van der Waals surface area contributed by atoms with Crippen molar-refractivity contribution >= 4 is 17.6 Å². The lowest BCUT2D eigenvalue weighted by atomic mass is 10.00. The van der Waals surface area contributed by atoms with Gasteiger partial charge in [0.2, 0.25) is 11.8 Å². The van der Waals surface area contributed by atoms with Gasteiger partial charge in [-0.25, -0.2) is 9.88 Å². The van der Waals surface area contributed by atoms with Crippen LogP contribution in [0.25, 0.3) is 0 Å². The van der Waals surface area contributed by atoms with Crippen molar-refractivity contribution in [3.05, 3.63) is 23.9 Å². The van der Waals surface area contributed by atoms with Gasteiger partial charge in [0.25, 0.3) is 0 Å². The summed E-state index contributed by atoms with van der Waals surface area (Å²) >= 11 is 0. The van der Waals surface area contributed by atoms with Gasteiger partial charge in [-0.2, -0.15) is 0 Å². The molecule has 102 valence electrons. The van der Waals surface area contributed by atoms with Crippen LogP contribution in [0.5, 0.6) is 0 Å². The smallest absolute Gasteiger partial charge is 0.238 e. The third-order valence-electron chi connectivity index (χ3n) is 3.87. The minimum Gasteiger partial charge on any atom is -0.320 e. The fraction of sp³-hybridized carbons (Fsp3) is 0.400. The highest BCUT2D eigenvalue weighted by molar-refractivity contribution is 6.21. The second-order valence-corrected chi connectivity index (χ2v) is 5.04. The van der Waals surface area contributed by atoms with Crippen LogP contribution in [-0.4, -0.2) is 23.3 Å². The molecule has 0 radical (unpaired) electrons. The van der Waals surface area contributed by atoms with Gasteiger partial charge in [0.05, 0.1) is 18.4 Å². The Balaban J connectivity index is 1.93. The van der Waals surface area contributed by atoms with E-state index in [1.54, 1.807) is 18.2 Å². The summed E-state index contributed by atoms with van der Waals surface area (Å²) in [6, 6.07) is 5.15. The van der Waals surface area contributed by atoms with Crippen LogP contribution < -0.4 is 10.6 Å². The number of imide groups is 1. The molecule has 2 N–H and O–H groups in total. The topological polar surface area (TPSA) is 76.3 Å². The normalized spacial score (nSPS) is 24.6. The van der Waals surface area contributed by atoms with E-state index in [0.29, 0.717) is 11.5 Å². The lowest BCUT2D eigenvalue weighted by Gasteiger charge is -2.14. The van der Waals surface area contributed by atoms with Gasteiger partial charge in [-0.05, 0) is 30.9 Å². The average Bonchev–Trinajstić information content (AvgIpc) is 3.02. The first-order valence-corrected chi connectivity index (χ1v) is 6.76. The molecule has 0 spiro atoms. The number of pyridine rings is 1. The van der Waals surface area contributed by atoms with Crippen molar-refractivity contribution in [2.24, 2.45) is 17.6 Å². The highest BCUT2D eigenvalue weighted by atomic mass is 16.2. The molecule has 5 nitrogen and oxygen atoms in total. The number of hydrogen-bond donors (Lipinski definition) is 1. The Labute approximate surface area is 117 Å².